The Kier molecular flexibility index (Phi) is 11.0. The van der Waals surface area contributed by atoms with Gasteiger partial charge in [0.1, 0.15) is 0 Å². The van der Waals surface area contributed by atoms with Gasteiger partial charge < -0.3 is 43.9 Å². The third-order valence-electron chi connectivity index (χ3n) is 10.2. The fourth-order valence-electron chi connectivity index (χ4n) is 7.52. The Labute approximate surface area is 295 Å². The number of carbonyl (C=O) groups is 2. The normalized spacial score (nSPS) is 19.8. The molecule has 50 heavy (non-hydrogen) atoms. The third-order valence-corrected chi connectivity index (χ3v) is 13.6. The van der Waals surface area contributed by atoms with Gasteiger partial charge in [-0.15, -0.1) is 0 Å². The van der Waals surface area contributed by atoms with Gasteiger partial charge >= 0.3 is 0 Å². The summed E-state index contributed by atoms with van der Waals surface area (Å²) in [6.07, 6.45) is 6.61. The van der Waals surface area contributed by atoms with E-state index in [4.69, 9.17) is 18.9 Å². The number of amides is 2. The Hall–Kier alpha value is -4.11. The van der Waals surface area contributed by atoms with Crippen LogP contribution in [0.1, 0.15) is 66.2 Å². The smallest absolute Gasteiger partial charge is 0.256 e. The summed E-state index contributed by atoms with van der Waals surface area (Å²) in [5.74, 6) is 2.07. The lowest BCUT2D eigenvalue weighted by Gasteiger charge is -2.21. The molecule has 11 nitrogen and oxygen atoms in total. The maximum atomic E-state index is 14.1. The molecule has 4 heterocycles. The number of ether oxygens (including phenoxy) is 4. The standard InChI is InChI=1S/C38H51N4O7P/c1-6-7-12-50(45,13-8-10-48-35-19-31-29(17-33(35)46-4)37(43)41-23-25(2)15-27(41)21-39-31)14-9-11-49-36-20-32-30(18-34(36)47-5)38(44)42-24-26(3)16-28(42)22-40-32/h17-20,27-28,39-40H,2-3,6-16,21-24H2,1,4-5H3/t27-,28-/m0/s1. The van der Waals surface area contributed by atoms with Gasteiger partial charge in [-0.3, -0.25) is 9.59 Å². The van der Waals surface area contributed by atoms with Crippen LogP contribution in [0, 0.1) is 0 Å². The first-order valence-corrected chi connectivity index (χ1v) is 20.1. The zero-order valence-electron chi connectivity index (χ0n) is 29.7. The van der Waals surface area contributed by atoms with E-state index in [1.54, 1.807) is 26.4 Å². The highest BCUT2D eigenvalue weighted by Gasteiger charge is 2.37. The fourth-order valence-corrected chi connectivity index (χ4v) is 10.5. The van der Waals surface area contributed by atoms with Crippen LogP contribution in [-0.2, 0) is 4.57 Å². The van der Waals surface area contributed by atoms with Gasteiger partial charge in [-0.1, -0.05) is 37.6 Å². The molecule has 2 N–H and O–H groups in total. The van der Waals surface area contributed by atoms with Crippen molar-refractivity contribution in [3.8, 4) is 23.0 Å². The van der Waals surface area contributed by atoms with Crippen LogP contribution in [0.25, 0.3) is 0 Å². The summed E-state index contributed by atoms with van der Waals surface area (Å²) in [7, 11) is 0.668. The van der Waals surface area contributed by atoms with Crippen LogP contribution in [0.4, 0.5) is 11.4 Å². The molecular weight excluding hydrogens is 655 g/mol. The van der Waals surface area contributed by atoms with E-state index in [1.165, 1.54) is 0 Å². The number of rotatable bonds is 15. The van der Waals surface area contributed by atoms with E-state index in [-0.39, 0.29) is 23.9 Å². The molecule has 2 saturated heterocycles. The lowest BCUT2D eigenvalue weighted by atomic mass is 10.1. The Morgan fingerprint density at radius 1 is 0.720 bits per heavy atom. The first-order chi connectivity index (χ1) is 24.1. The fraction of sp³-hybridized carbons (Fsp3) is 0.526. The molecule has 4 aliphatic heterocycles. The summed E-state index contributed by atoms with van der Waals surface area (Å²) in [5.41, 5.74) is 4.74. The molecule has 2 fully saturated rings. The molecule has 0 unspecified atom stereocenters. The van der Waals surface area contributed by atoms with E-state index in [1.807, 2.05) is 21.9 Å². The Morgan fingerprint density at radius 2 is 1.16 bits per heavy atom. The molecule has 0 aromatic heterocycles. The molecule has 0 bridgehead atoms. The second kappa shape index (κ2) is 15.4. The minimum atomic E-state index is -2.48. The molecule has 2 aromatic carbocycles. The highest BCUT2D eigenvalue weighted by atomic mass is 31.2. The number of carbonyl (C=O) groups excluding carboxylic acids is 2. The average molecular weight is 707 g/mol. The van der Waals surface area contributed by atoms with Crippen molar-refractivity contribution in [3.63, 3.8) is 0 Å². The zero-order chi connectivity index (χ0) is 35.4. The predicted molar refractivity (Wildman–Crippen MR) is 197 cm³/mol. The number of nitrogens with zero attached hydrogens (tertiary/aromatic N) is 2. The van der Waals surface area contributed by atoms with Gasteiger partial charge in [0, 0.05) is 56.8 Å². The maximum Gasteiger partial charge on any atom is 0.256 e. The Balaban J connectivity index is 1.03. The topological polar surface area (TPSA) is 119 Å². The van der Waals surface area contributed by atoms with E-state index < -0.39 is 7.14 Å². The third kappa shape index (κ3) is 7.63. The summed E-state index contributed by atoms with van der Waals surface area (Å²) < 4.78 is 37.7. The number of anilines is 2. The molecule has 0 saturated carbocycles. The van der Waals surface area contributed by atoms with Crippen LogP contribution < -0.4 is 29.6 Å². The highest BCUT2D eigenvalue weighted by Crippen LogP contribution is 2.48. The lowest BCUT2D eigenvalue weighted by Crippen LogP contribution is -2.36. The number of methoxy groups -OCH3 is 2. The minimum Gasteiger partial charge on any atom is -0.493 e. The van der Waals surface area contributed by atoms with E-state index in [9.17, 15) is 14.2 Å². The summed E-state index contributed by atoms with van der Waals surface area (Å²) in [6.45, 7) is 13.5. The van der Waals surface area contributed by atoms with Crippen molar-refractivity contribution in [2.24, 2.45) is 0 Å². The second-order valence-corrected chi connectivity index (χ2v) is 17.4. The van der Waals surface area contributed by atoms with E-state index >= 15 is 0 Å². The number of nitrogens with one attached hydrogen (secondary N) is 2. The van der Waals surface area contributed by atoms with Crippen molar-refractivity contribution in [2.75, 3.05) is 82.7 Å². The van der Waals surface area contributed by atoms with Crippen molar-refractivity contribution in [1.82, 2.24) is 9.80 Å². The summed E-state index contributed by atoms with van der Waals surface area (Å²) >= 11 is 0. The number of hydrogen-bond donors (Lipinski definition) is 2. The zero-order valence-corrected chi connectivity index (χ0v) is 30.6. The van der Waals surface area contributed by atoms with Crippen LogP contribution in [0.5, 0.6) is 23.0 Å². The second-order valence-electron chi connectivity index (χ2n) is 13.9. The minimum absolute atomic E-state index is 0.0289. The molecule has 2 atom stereocenters. The molecule has 2 aromatic rings. The Morgan fingerprint density at radius 3 is 1.58 bits per heavy atom. The number of fused-ring (bicyclic) bond motifs is 4. The van der Waals surface area contributed by atoms with Crippen molar-refractivity contribution >= 4 is 30.3 Å². The molecule has 0 radical (unpaired) electrons. The van der Waals surface area contributed by atoms with E-state index in [2.05, 4.69) is 30.7 Å². The van der Waals surface area contributed by atoms with Crippen molar-refractivity contribution in [2.45, 2.75) is 57.5 Å². The van der Waals surface area contributed by atoms with Crippen LogP contribution >= 0.6 is 7.14 Å². The number of hydrogen-bond acceptors (Lipinski definition) is 9. The van der Waals surface area contributed by atoms with Gasteiger partial charge in [0.25, 0.3) is 11.8 Å². The van der Waals surface area contributed by atoms with Crippen LogP contribution in [0.15, 0.2) is 48.6 Å². The van der Waals surface area contributed by atoms with Gasteiger partial charge in [0.2, 0.25) is 0 Å². The maximum absolute atomic E-state index is 14.1. The van der Waals surface area contributed by atoms with Gasteiger partial charge in [-0.25, -0.2) is 0 Å². The summed E-state index contributed by atoms with van der Waals surface area (Å²) in [6, 6.07) is 7.38. The molecule has 4 aliphatic rings. The Bertz CT molecular complexity index is 1580. The lowest BCUT2D eigenvalue weighted by molar-refractivity contribution is 0.0744. The van der Waals surface area contributed by atoms with Crippen molar-refractivity contribution in [1.29, 1.82) is 0 Å². The molecule has 0 spiro atoms. The molecule has 6 rings (SSSR count). The highest BCUT2D eigenvalue weighted by molar-refractivity contribution is 7.63. The molecule has 12 heteroatoms. The van der Waals surface area contributed by atoms with Crippen LogP contribution in [-0.4, -0.2) is 106 Å². The van der Waals surface area contributed by atoms with E-state index in [0.717, 1.165) is 48.2 Å². The summed E-state index contributed by atoms with van der Waals surface area (Å²) in [4.78, 5) is 30.4. The largest absolute Gasteiger partial charge is 0.493 e. The summed E-state index contributed by atoms with van der Waals surface area (Å²) in [5, 5.41) is 6.85. The molecule has 270 valence electrons. The number of benzene rings is 2. The SMILES string of the molecule is C=C1C[C@H]2CNc3cc(OCCCP(=O)(CCCC)CCCOc4cc5c(cc4OC)C(=O)N4CC(=C)C[C@H]4CN5)c(OC)cc3C(=O)N2C1. The molecule has 2 amide bonds. The van der Waals surface area contributed by atoms with Crippen molar-refractivity contribution < 1.29 is 33.1 Å². The average Bonchev–Trinajstić information content (AvgIpc) is 3.62. The van der Waals surface area contributed by atoms with Gasteiger partial charge in [0.15, 0.2) is 23.0 Å². The van der Waals surface area contributed by atoms with Crippen molar-refractivity contribution in [3.05, 3.63) is 59.7 Å². The van der Waals surface area contributed by atoms with Gasteiger partial charge in [-0.2, -0.15) is 0 Å². The quantitative estimate of drug-likeness (QED) is 0.122. The van der Waals surface area contributed by atoms with Crippen LogP contribution in [0.2, 0.25) is 0 Å². The molecule has 0 aliphatic carbocycles. The monoisotopic (exact) mass is 706 g/mol. The first-order valence-electron chi connectivity index (χ1n) is 17.8. The first kappa shape index (κ1) is 35.7. The van der Waals surface area contributed by atoms with Gasteiger partial charge in [-0.05, 0) is 44.2 Å². The molecular formula is C38H51N4O7P. The van der Waals surface area contributed by atoms with E-state index in [0.29, 0.717) is 105 Å². The van der Waals surface area contributed by atoms with Gasteiger partial charge in [0.05, 0.1) is 69.2 Å². The predicted octanol–water partition coefficient (Wildman–Crippen LogP) is 6.50. The van der Waals surface area contributed by atoms with Crippen LogP contribution in [0.3, 0.4) is 0 Å². The number of unbranched alkanes of at least 4 members (excludes halogenated alkanes) is 1.